The lowest BCUT2D eigenvalue weighted by Gasteiger charge is -2.24. The summed E-state index contributed by atoms with van der Waals surface area (Å²) in [5, 5.41) is 9.15. The van der Waals surface area contributed by atoms with Gasteiger partial charge in [0.15, 0.2) is 0 Å². The second kappa shape index (κ2) is 6.37. The Hall–Kier alpha value is -1.59. The van der Waals surface area contributed by atoms with Gasteiger partial charge in [0, 0.05) is 13.0 Å². The molecule has 0 radical (unpaired) electrons. The van der Waals surface area contributed by atoms with Crippen LogP contribution in [0.25, 0.3) is 0 Å². The first-order valence-corrected chi connectivity index (χ1v) is 6.11. The zero-order chi connectivity index (χ0) is 13.7. The second-order valence-corrected chi connectivity index (χ2v) is 4.47. The molecule has 0 aliphatic carbocycles. The molecule has 102 valence electrons. The lowest BCUT2D eigenvalue weighted by atomic mass is 10.1. The number of amides is 1. The van der Waals surface area contributed by atoms with E-state index in [0.717, 1.165) is 12.8 Å². The summed E-state index contributed by atoms with van der Waals surface area (Å²) in [6.07, 6.45) is 2.07. The van der Waals surface area contributed by atoms with E-state index < -0.39 is 23.9 Å². The van der Waals surface area contributed by atoms with E-state index in [9.17, 15) is 14.4 Å². The minimum absolute atomic E-state index is 0.0442. The molecule has 0 aromatic carbocycles. The summed E-state index contributed by atoms with van der Waals surface area (Å²) in [4.78, 5) is 35.6. The SMILES string of the molecule is CCCC[C@@H](C(=O)O)N1CC(C(=O)OC)CC1=O. The first kappa shape index (κ1) is 14.5. The first-order chi connectivity index (χ1) is 8.51. The average molecular weight is 257 g/mol. The Morgan fingerprint density at radius 1 is 1.56 bits per heavy atom. The van der Waals surface area contributed by atoms with Crippen LogP contribution in [0.3, 0.4) is 0 Å². The molecule has 2 atom stereocenters. The van der Waals surface area contributed by atoms with Crippen molar-refractivity contribution in [2.45, 2.75) is 38.6 Å². The van der Waals surface area contributed by atoms with Gasteiger partial charge in [0.05, 0.1) is 13.0 Å². The van der Waals surface area contributed by atoms with E-state index in [1.54, 1.807) is 0 Å². The van der Waals surface area contributed by atoms with Crippen molar-refractivity contribution in [3.05, 3.63) is 0 Å². The van der Waals surface area contributed by atoms with E-state index in [2.05, 4.69) is 4.74 Å². The van der Waals surface area contributed by atoms with Gasteiger partial charge >= 0.3 is 11.9 Å². The van der Waals surface area contributed by atoms with E-state index in [1.807, 2.05) is 6.92 Å². The van der Waals surface area contributed by atoms with Gasteiger partial charge in [-0.25, -0.2) is 4.79 Å². The first-order valence-electron chi connectivity index (χ1n) is 6.11. The molecule has 1 aliphatic heterocycles. The molecule has 0 aromatic rings. The number of rotatable bonds is 6. The van der Waals surface area contributed by atoms with Crippen LogP contribution in [0.15, 0.2) is 0 Å². The normalized spacial score (nSPS) is 20.9. The summed E-state index contributed by atoms with van der Waals surface area (Å²) in [7, 11) is 1.27. The topological polar surface area (TPSA) is 83.9 Å². The summed E-state index contributed by atoms with van der Waals surface area (Å²) in [6, 6.07) is -0.827. The van der Waals surface area contributed by atoms with Crippen LogP contribution in [0, 0.1) is 5.92 Å². The molecular weight excluding hydrogens is 238 g/mol. The minimum Gasteiger partial charge on any atom is -0.480 e. The molecule has 1 unspecified atom stereocenters. The van der Waals surface area contributed by atoms with Gasteiger partial charge in [0.2, 0.25) is 5.91 Å². The maximum absolute atomic E-state index is 11.8. The van der Waals surface area contributed by atoms with Crippen LogP contribution in [0.5, 0.6) is 0 Å². The number of carboxylic acids is 1. The summed E-state index contributed by atoms with van der Waals surface area (Å²) >= 11 is 0. The zero-order valence-electron chi connectivity index (χ0n) is 10.7. The molecule has 1 aliphatic rings. The smallest absolute Gasteiger partial charge is 0.326 e. The van der Waals surface area contributed by atoms with Gasteiger partial charge in [0.1, 0.15) is 6.04 Å². The van der Waals surface area contributed by atoms with Crippen molar-refractivity contribution in [1.82, 2.24) is 4.90 Å². The molecule has 6 heteroatoms. The van der Waals surface area contributed by atoms with E-state index in [1.165, 1.54) is 12.0 Å². The van der Waals surface area contributed by atoms with Crippen LogP contribution >= 0.6 is 0 Å². The largest absolute Gasteiger partial charge is 0.480 e. The van der Waals surface area contributed by atoms with E-state index >= 15 is 0 Å². The van der Waals surface area contributed by atoms with Gasteiger partial charge in [-0.2, -0.15) is 0 Å². The van der Waals surface area contributed by atoms with Crippen LogP contribution in [0.2, 0.25) is 0 Å². The number of likely N-dealkylation sites (tertiary alicyclic amines) is 1. The molecule has 0 spiro atoms. The predicted octanol–water partition coefficient (Wildman–Crippen LogP) is 0.651. The number of ether oxygens (including phenoxy) is 1. The van der Waals surface area contributed by atoms with Crippen molar-refractivity contribution in [3.63, 3.8) is 0 Å². The molecule has 6 nitrogen and oxygen atoms in total. The molecular formula is C12H19NO5. The highest BCUT2D eigenvalue weighted by Crippen LogP contribution is 2.23. The molecule has 0 aromatic heterocycles. The Bertz CT molecular complexity index is 341. The fourth-order valence-electron chi connectivity index (χ4n) is 2.17. The fraction of sp³-hybridized carbons (Fsp3) is 0.750. The monoisotopic (exact) mass is 257 g/mol. The molecule has 0 saturated carbocycles. The van der Waals surface area contributed by atoms with Crippen LogP contribution in [0.4, 0.5) is 0 Å². The molecule has 1 heterocycles. The van der Waals surface area contributed by atoms with Gasteiger partial charge in [-0.1, -0.05) is 19.8 Å². The van der Waals surface area contributed by atoms with Gasteiger partial charge in [-0.15, -0.1) is 0 Å². The molecule has 1 N–H and O–H groups in total. The van der Waals surface area contributed by atoms with Gasteiger partial charge in [-0.05, 0) is 6.42 Å². The van der Waals surface area contributed by atoms with Crippen LogP contribution in [-0.2, 0) is 19.1 Å². The lowest BCUT2D eigenvalue weighted by molar-refractivity contribution is -0.149. The van der Waals surface area contributed by atoms with Crippen molar-refractivity contribution in [3.8, 4) is 0 Å². The third-order valence-corrected chi connectivity index (χ3v) is 3.19. The number of hydrogen-bond acceptors (Lipinski definition) is 4. The number of carbonyl (C=O) groups excluding carboxylic acids is 2. The summed E-state index contributed by atoms with van der Waals surface area (Å²) in [5.41, 5.74) is 0. The maximum atomic E-state index is 11.8. The number of unbranched alkanes of at least 4 members (excludes halogenated alkanes) is 1. The summed E-state index contributed by atoms with van der Waals surface area (Å²) in [5.74, 6) is -2.28. The number of carbonyl (C=O) groups is 3. The average Bonchev–Trinajstić information content (AvgIpc) is 2.71. The highest BCUT2D eigenvalue weighted by molar-refractivity contribution is 5.90. The Balaban J connectivity index is 2.71. The third kappa shape index (κ3) is 3.21. The summed E-state index contributed by atoms with van der Waals surface area (Å²) in [6.45, 7) is 2.11. The van der Waals surface area contributed by atoms with E-state index in [-0.39, 0.29) is 18.9 Å². The van der Waals surface area contributed by atoms with Gasteiger partial charge in [0.25, 0.3) is 0 Å². The Kier molecular flexibility index (Phi) is 5.12. The number of aliphatic carboxylic acids is 1. The number of hydrogen-bond donors (Lipinski definition) is 1. The molecule has 18 heavy (non-hydrogen) atoms. The molecule has 0 bridgehead atoms. The molecule has 1 fully saturated rings. The minimum atomic E-state index is -1.01. The fourth-order valence-corrected chi connectivity index (χ4v) is 2.17. The van der Waals surface area contributed by atoms with Crippen molar-refractivity contribution < 1.29 is 24.2 Å². The maximum Gasteiger partial charge on any atom is 0.326 e. The number of nitrogens with zero attached hydrogens (tertiary/aromatic N) is 1. The second-order valence-electron chi connectivity index (χ2n) is 4.47. The Morgan fingerprint density at radius 3 is 2.72 bits per heavy atom. The molecule has 1 saturated heterocycles. The van der Waals surface area contributed by atoms with E-state index in [4.69, 9.17) is 5.11 Å². The van der Waals surface area contributed by atoms with Crippen molar-refractivity contribution in [2.75, 3.05) is 13.7 Å². The quantitative estimate of drug-likeness (QED) is 0.706. The van der Waals surface area contributed by atoms with E-state index in [0.29, 0.717) is 6.42 Å². The third-order valence-electron chi connectivity index (χ3n) is 3.19. The number of carboxylic acid groups (broad SMARTS) is 1. The lowest BCUT2D eigenvalue weighted by Crippen LogP contribution is -2.42. The van der Waals surface area contributed by atoms with Gasteiger partial charge < -0.3 is 14.7 Å². The zero-order valence-corrected chi connectivity index (χ0v) is 10.7. The van der Waals surface area contributed by atoms with Crippen LogP contribution < -0.4 is 0 Å². The highest BCUT2D eigenvalue weighted by atomic mass is 16.5. The molecule has 1 amide bonds. The van der Waals surface area contributed by atoms with Crippen LogP contribution in [0.1, 0.15) is 32.6 Å². The standard InChI is InChI=1S/C12H19NO5/c1-3-4-5-9(11(15)16)13-7-8(6-10(13)14)12(17)18-2/h8-9H,3-7H2,1-2H3,(H,15,16)/t8?,9-/m0/s1. The van der Waals surface area contributed by atoms with Crippen molar-refractivity contribution >= 4 is 17.8 Å². The number of esters is 1. The predicted molar refractivity (Wildman–Crippen MR) is 62.8 cm³/mol. The van der Waals surface area contributed by atoms with Crippen molar-refractivity contribution in [1.29, 1.82) is 0 Å². The van der Waals surface area contributed by atoms with Crippen LogP contribution in [-0.4, -0.2) is 47.5 Å². The van der Waals surface area contributed by atoms with Crippen molar-refractivity contribution in [2.24, 2.45) is 5.92 Å². The van der Waals surface area contributed by atoms with Gasteiger partial charge in [-0.3, -0.25) is 9.59 Å². The molecule has 1 rings (SSSR count). The summed E-state index contributed by atoms with van der Waals surface area (Å²) < 4.78 is 4.59. The Morgan fingerprint density at radius 2 is 2.22 bits per heavy atom. The Labute approximate surface area is 106 Å². The number of methoxy groups -OCH3 is 1. The highest BCUT2D eigenvalue weighted by Gasteiger charge is 2.40.